The molecule has 1 atom stereocenters. The van der Waals surface area contributed by atoms with E-state index in [1.807, 2.05) is 6.92 Å². The van der Waals surface area contributed by atoms with E-state index in [0.29, 0.717) is 0 Å². The van der Waals surface area contributed by atoms with Gasteiger partial charge in [0.05, 0.1) is 0 Å². The topological polar surface area (TPSA) is 52.6 Å². The van der Waals surface area contributed by atoms with Crippen LogP contribution < -0.4 is 0 Å². The highest BCUT2D eigenvalue weighted by atomic mass is 16.6. The smallest absolute Gasteiger partial charge is 0.348 e. The van der Waals surface area contributed by atoms with Crippen molar-refractivity contribution in [3.05, 3.63) is 24.3 Å². The van der Waals surface area contributed by atoms with Gasteiger partial charge in [-0.15, -0.1) is 0 Å². The molecule has 4 heteroatoms. The summed E-state index contributed by atoms with van der Waals surface area (Å²) in [6.45, 7) is 12.4. The fourth-order valence-corrected chi connectivity index (χ4v) is 2.32. The van der Waals surface area contributed by atoms with Crippen LogP contribution in [0, 0.1) is 0 Å². The van der Waals surface area contributed by atoms with Gasteiger partial charge >= 0.3 is 11.9 Å². The highest BCUT2D eigenvalue weighted by Gasteiger charge is 2.38. The molecule has 0 aromatic rings. The van der Waals surface area contributed by atoms with Crippen molar-refractivity contribution in [2.75, 3.05) is 0 Å². The number of hydrogen-bond donors (Lipinski definition) is 0. The first-order valence-electron chi connectivity index (χ1n) is 7.04. The van der Waals surface area contributed by atoms with Crippen molar-refractivity contribution in [2.45, 2.75) is 64.6 Å². The van der Waals surface area contributed by atoms with E-state index in [1.165, 1.54) is 13.8 Å². The first-order chi connectivity index (χ1) is 9.28. The molecule has 0 saturated heterocycles. The molecule has 0 N–H and O–H groups in total. The van der Waals surface area contributed by atoms with Crippen LogP contribution in [0.15, 0.2) is 24.3 Å². The highest BCUT2D eigenvalue weighted by Crippen LogP contribution is 2.37. The zero-order valence-corrected chi connectivity index (χ0v) is 12.7. The minimum absolute atomic E-state index is 0.261. The fraction of sp³-hybridized carbons (Fsp3) is 0.625. The molecule has 0 amide bonds. The van der Waals surface area contributed by atoms with Gasteiger partial charge in [0.2, 0.25) is 0 Å². The van der Waals surface area contributed by atoms with Crippen molar-refractivity contribution in [3.8, 4) is 0 Å². The maximum Gasteiger partial charge on any atom is 0.348 e. The summed E-state index contributed by atoms with van der Waals surface area (Å²) < 4.78 is 10.6. The zero-order valence-electron chi connectivity index (χ0n) is 12.7. The molecule has 1 unspecified atom stereocenters. The van der Waals surface area contributed by atoms with Gasteiger partial charge in [0.1, 0.15) is 5.60 Å². The molecule has 0 aromatic heterocycles. The molecule has 0 spiro atoms. The minimum atomic E-state index is -0.933. The second-order valence-electron chi connectivity index (χ2n) is 5.58. The molecule has 4 nitrogen and oxygen atoms in total. The Hall–Kier alpha value is -1.58. The molecule has 1 aliphatic rings. The van der Waals surface area contributed by atoms with Gasteiger partial charge in [0.15, 0.2) is 6.10 Å². The molecule has 0 aliphatic heterocycles. The number of carbonyl (C=O) groups is 2. The Balaban J connectivity index is 2.69. The average molecular weight is 280 g/mol. The van der Waals surface area contributed by atoms with E-state index in [2.05, 4.69) is 13.2 Å². The Kier molecular flexibility index (Phi) is 5.54. The van der Waals surface area contributed by atoms with Gasteiger partial charge in [-0.2, -0.15) is 0 Å². The molecule has 0 heterocycles. The van der Waals surface area contributed by atoms with Crippen molar-refractivity contribution < 1.29 is 19.1 Å². The molecule has 20 heavy (non-hydrogen) atoms. The van der Waals surface area contributed by atoms with Gasteiger partial charge < -0.3 is 9.47 Å². The molecule has 1 rings (SSSR count). The first kappa shape index (κ1) is 16.5. The van der Waals surface area contributed by atoms with E-state index in [-0.39, 0.29) is 5.57 Å². The molecular weight excluding hydrogens is 256 g/mol. The standard InChI is InChI=1S/C16H24O4/c1-11(2)14(17)19-13(5)15(18)20-16(12(3)4)9-7-6-8-10-16/h13H,1,3,6-10H2,2,4-5H3. The maximum atomic E-state index is 12.1. The third-order valence-electron chi connectivity index (χ3n) is 3.70. The monoisotopic (exact) mass is 280 g/mol. The summed E-state index contributed by atoms with van der Waals surface area (Å²) in [4.78, 5) is 23.5. The van der Waals surface area contributed by atoms with E-state index in [1.54, 1.807) is 0 Å². The van der Waals surface area contributed by atoms with Crippen molar-refractivity contribution in [1.82, 2.24) is 0 Å². The van der Waals surface area contributed by atoms with Crippen molar-refractivity contribution in [1.29, 1.82) is 0 Å². The quantitative estimate of drug-likeness (QED) is 0.440. The molecule has 0 radical (unpaired) electrons. The Morgan fingerprint density at radius 2 is 1.65 bits per heavy atom. The van der Waals surface area contributed by atoms with Crippen LogP contribution >= 0.6 is 0 Å². The number of rotatable bonds is 5. The largest absolute Gasteiger partial charge is 0.452 e. The summed E-state index contributed by atoms with van der Waals surface area (Å²) in [5, 5.41) is 0. The molecule has 0 bridgehead atoms. The lowest BCUT2D eigenvalue weighted by molar-refractivity contribution is -0.175. The number of ether oxygens (including phenoxy) is 2. The summed E-state index contributed by atoms with van der Waals surface area (Å²) in [6.07, 6.45) is 3.81. The predicted octanol–water partition coefficient (Wildman–Crippen LogP) is 3.32. The van der Waals surface area contributed by atoms with Crippen LogP contribution in [-0.2, 0) is 19.1 Å². The average Bonchev–Trinajstić information content (AvgIpc) is 2.39. The molecule has 1 aliphatic carbocycles. The second-order valence-corrected chi connectivity index (χ2v) is 5.58. The highest BCUT2D eigenvalue weighted by molar-refractivity contribution is 5.89. The third-order valence-corrected chi connectivity index (χ3v) is 3.70. The predicted molar refractivity (Wildman–Crippen MR) is 77.1 cm³/mol. The van der Waals surface area contributed by atoms with Crippen molar-refractivity contribution in [3.63, 3.8) is 0 Å². The third kappa shape index (κ3) is 3.95. The van der Waals surface area contributed by atoms with Crippen molar-refractivity contribution >= 4 is 11.9 Å². The van der Waals surface area contributed by atoms with Crippen LogP contribution in [0.4, 0.5) is 0 Å². The Labute approximate surface area is 120 Å². The number of hydrogen-bond acceptors (Lipinski definition) is 4. The van der Waals surface area contributed by atoms with Gasteiger partial charge in [-0.1, -0.05) is 19.6 Å². The van der Waals surface area contributed by atoms with E-state index in [0.717, 1.165) is 37.7 Å². The second kappa shape index (κ2) is 6.73. The van der Waals surface area contributed by atoms with Gasteiger partial charge in [-0.3, -0.25) is 0 Å². The number of esters is 2. The fourth-order valence-electron chi connectivity index (χ4n) is 2.32. The van der Waals surface area contributed by atoms with Crippen LogP contribution in [0.25, 0.3) is 0 Å². The van der Waals surface area contributed by atoms with Crippen LogP contribution in [0.3, 0.4) is 0 Å². The summed E-state index contributed by atoms with van der Waals surface area (Å²) in [5.41, 5.74) is 0.514. The van der Waals surface area contributed by atoms with Gasteiger partial charge in [0.25, 0.3) is 0 Å². The lowest BCUT2D eigenvalue weighted by Crippen LogP contribution is -2.41. The minimum Gasteiger partial charge on any atom is -0.452 e. The lowest BCUT2D eigenvalue weighted by Gasteiger charge is -2.38. The summed E-state index contributed by atoms with van der Waals surface area (Å²) >= 11 is 0. The molecule has 1 saturated carbocycles. The Morgan fingerprint density at radius 1 is 1.10 bits per heavy atom. The van der Waals surface area contributed by atoms with E-state index in [9.17, 15) is 9.59 Å². The zero-order chi connectivity index (χ0) is 15.3. The Morgan fingerprint density at radius 3 is 2.10 bits per heavy atom. The van der Waals surface area contributed by atoms with Crippen LogP contribution in [-0.4, -0.2) is 23.6 Å². The van der Waals surface area contributed by atoms with E-state index >= 15 is 0 Å². The van der Waals surface area contributed by atoms with Gasteiger partial charge in [-0.05, 0) is 52.0 Å². The van der Waals surface area contributed by atoms with Crippen molar-refractivity contribution in [2.24, 2.45) is 0 Å². The Bertz CT molecular complexity index is 416. The summed E-state index contributed by atoms with van der Waals surface area (Å²) in [7, 11) is 0. The molecule has 112 valence electrons. The molecule has 1 fully saturated rings. The molecular formula is C16H24O4. The van der Waals surface area contributed by atoms with Gasteiger partial charge in [-0.25, -0.2) is 9.59 Å². The summed E-state index contributed by atoms with van der Waals surface area (Å²) in [5.74, 6) is -1.10. The molecule has 0 aromatic carbocycles. The van der Waals surface area contributed by atoms with Crippen LogP contribution in [0.2, 0.25) is 0 Å². The summed E-state index contributed by atoms with van der Waals surface area (Å²) in [6, 6.07) is 0. The van der Waals surface area contributed by atoms with E-state index < -0.39 is 23.6 Å². The number of carbonyl (C=O) groups excluding carboxylic acids is 2. The van der Waals surface area contributed by atoms with Crippen LogP contribution in [0.5, 0.6) is 0 Å². The maximum absolute atomic E-state index is 12.1. The van der Waals surface area contributed by atoms with E-state index in [4.69, 9.17) is 9.47 Å². The lowest BCUT2D eigenvalue weighted by atomic mass is 9.80. The normalized spacial score (nSPS) is 18.8. The van der Waals surface area contributed by atoms with Gasteiger partial charge in [0, 0.05) is 5.57 Å². The SMILES string of the molecule is C=C(C)C(=O)OC(C)C(=O)OC1(C(=C)C)CCCCC1. The van der Waals surface area contributed by atoms with Crippen LogP contribution in [0.1, 0.15) is 52.9 Å². The first-order valence-corrected chi connectivity index (χ1v) is 7.04.